The number of nitrogens with zero attached hydrogens (tertiary/aromatic N) is 1. The highest BCUT2D eigenvalue weighted by atomic mass is 79.9. The Morgan fingerprint density at radius 3 is 2.59 bits per heavy atom. The molecule has 0 aliphatic heterocycles. The van der Waals surface area contributed by atoms with Gasteiger partial charge < -0.3 is 5.32 Å². The van der Waals surface area contributed by atoms with E-state index in [9.17, 15) is 9.59 Å². The molecular weight excluding hydrogens is 346 g/mol. The van der Waals surface area contributed by atoms with Gasteiger partial charge in [0, 0.05) is 10.2 Å². The summed E-state index contributed by atoms with van der Waals surface area (Å²) in [5.74, 6) is -1.59. The number of carbonyl (C=O) groups is 2. The van der Waals surface area contributed by atoms with Crippen molar-refractivity contribution in [2.75, 3.05) is 5.32 Å². The monoisotopic (exact) mass is 359 g/mol. The van der Waals surface area contributed by atoms with E-state index in [4.69, 9.17) is 0 Å². The van der Waals surface area contributed by atoms with Crippen molar-refractivity contribution in [1.29, 1.82) is 0 Å². The van der Waals surface area contributed by atoms with Crippen LogP contribution < -0.4 is 10.7 Å². The van der Waals surface area contributed by atoms with Crippen LogP contribution in [0.4, 0.5) is 5.69 Å². The van der Waals surface area contributed by atoms with E-state index in [1.54, 1.807) is 18.2 Å². The van der Waals surface area contributed by atoms with Crippen molar-refractivity contribution in [1.82, 2.24) is 5.43 Å². The van der Waals surface area contributed by atoms with Crippen LogP contribution >= 0.6 is 15.9 Å². The van der Waals surface area contributed by atoms with Gasteiger partial charge in [0.15, 0.2) is 0 Å². The van der Waals surface area contributed by atoms with Crippen molar-refractivity contribution in [3.05, 3.63) is 64.1 Å². The van der Waals surface area contributed by atoms with Gasteiger partial charge in [0.2, 0.25) is 0 Å². The molecule has 0 atom stereocenters. The maximum atomic E-state index is 11.7. The highest BCUT2D eigenvalue weighted by molar-refractivity contribution is 9.10. The van der Waals surface area contributed by atoms with E-state index in [1.165, 1.54) is 6.21 Å². The summed E-state index contributed by atoms with van der Waals surface area (Å²) in [6.45, 7) is 1.90. The number of halogens is 1. The summed E-state index contributed by atoms with van der Waals surface area (Å²) in [5, 5.41) is 6.26. The molecule has 2 aromatic carbocycles. The van der Waals surface area contributed by atoms with Gasteiger partial charge in [-0.15, -0.1) is 0 Å². The second-order valence-electron chi connectivity index (χ2n) is 4.58. The molecule has 0 saturated carbocycles. The van der Waals surface area contributed by atoms with Crippen LogP contribution in [0.3, 0.4) is 0 Å². The molecule has 0 bridgehead atoms. The van der Waals surface area contributed by atoms with Crippen molar-refractivity contribution in [2.24, 2.45) is 5.10 Å². The number of anilines is 1. The lowest BCUT2D eigenvalue weighted by Gasteiger charge is -2.04. The average molecular weight is 360 g/mol. The zero-order valence-corrected chi connectivity index (χ0v) is 13.4. The number of nitrogens with one attached hydrogen (secondary N) is 2. The summed E-state index contributed by atoms with van der Waals surface area (Å²) in [7, 11) is 0. The Morgan fingerprint density at radius 1 is 1.09 bits per heavy atom. The van der Waals surface area contributed by atoms with Crippen LogP contribution in [0.25, 0.3) is 0 Å². The summed E-state index contributed by atoms with van der Waals surface area (Å²) >= 11 is 3.34. The SMILES string of the molecule is Cc1cccc(NC(=O)C(=O)N/N=C/c2cccc(Br)c2)c1. The molecule has 22 heavy (non-hydrogen) atoms. The molecule has 0 aliphatic carbocycles. The van der Waals surface area contributed by atoms with Gasteiger partial charge in [-0.1, -0.05) is 40.2 Å². The lowest BCUT2D eigenvalue weighted by atomic mass is 10.2. The molecule has 0 heterocycles. The largest absolute Gasteiger partial charge is 0.329 e. The van der Waals surface area contributed by atoms with Crippen LogP contribution in [0, 0.1) is 6.92 Å². The molecule has 5 nitrogen and oxygen atoms in total. The lowest BCUT2D eigenvalue weighted by molar-refractivity contribution is -0.136. The van der Waals surface area contributed by atoms with Gasteiger partial charge in [-0.2, -0.15) is 5.10 Å². The van der Waals surface area contributed by atoms with Gasteiger partial charge in [-0.05, 0) is 42.3 Å². The Labute approximate surface area is 136 Å². The van der Waals surface area contributed by atoms with Gasteiger partial charge in [-0.25, -0.2) is 5.43 Å². The number of amides is 2. The summed E-state index contributed by atoms with van der Waals surface area (Å²) in [6.07, 6.45) is 1.46. The molecule has 0 radical (unpaired) electrons. The third-order valence-electron chi connectivity index (χ3n) is 2.71. The maximum Gasteiger partial charge on any atom is 0.329 e. The molecular formula is C16H14BrN3O2. The fourth-order valence-corrected chi connectivity index (χ4v) is 2.13. The Hall–Kier alpha value is -2.47. The minimum absolute atomic E-state index is 0.566. The summed E-state index contributed by atoms with van der Waals surface area (Å²) < 4.78 is 0.903. The Balaban J connectivity index is 1.90. The van der Waals surface area contributed by atoms with E-state index >= 15 is 0 Å². The molecule has 0 aromatic heterocycles. The molecule has 2 amide bonds. The number of hydrogen-bond donors (Lipinski definition) is 2. The third kappa shape index (κ3) is 4.82. The average Bonchev–Trinajstić information content (AvgIpc) is 2.47. The first kappa shape index (κ1) is 15.9. The molecule has 2 aromatic rings. The maximum absolute atomic E-state index is 11.7. The number of hydrogen-bond acceptors (Lipinski definition) is 3. The predicted molar refractivity (Wildman–Crippen MR) is 89.7 cm³/mol. The topological polar surface area (TPSA) is 70.6 Å². The van der Waals surface area contributed by atoms with Crippen molar-refractivity contribution in [3.63, 3.8) is 0 Å². The number of rotatable bonds is 3. The fraction of sp³-hybridized carbons (Fsp3) is 0.0625. The van der Waals surface area contributed by atoms with Crippen LogP contribution in [0.5, 0.6) is 0 Å². The van der Waals surface area contributed by atoms with E-state index in [1.807, 2.05) is 37.3 Å². The van der Waals surface area contributed by atoms with E-state index in [0.717, 1.165) is 15.6 Å². The van der Waals surface area contributed by atoms with Crippen LogP contribution in [0.1, 0.15) is 11.1 Å². The number of carbonyl (C=O) groups excluding carboxylic acids is 2. The van der Waals surface area contributed by atoms with Gasteiger partial charge in [0.05, 0.1) is 6.21 Å². The van der Waals surface area contributed by atoms with Crippen LogP contribution in [-0.2, 0) is 9.59 Å². The second-order valence-corrected chi connectivity index (χ2v) is 5.49. The molecule has 2 rings (SSSR count). The second kappa shape index (κ2) is 7.51. The molecule has 6 heteroatoms. The van der Waals surface area contributed by atoms with E-state index in [0.29, 0.717) is 5.69 Å². The normalized spacial score (nSPS) is 10.5. The Bertz CT molecular complexity index is 729. The standard InChI is InChI=1S/C16H14BrN3O2/c1-11-4-2-7-14(8-11)19-15(21)16(22)20-18-10-12-5-3-6-13(17)9-12/h2-10H,1H3,(H,19,21)(H,20,22)/b18-10+. The van der Waals surface area contributed by atoms with E-state index in [2.05, 4.69) is 31.8 Å². The molecule has 2 N–H and O–H groups in total. The van der Waals surface area contributed by atoms with Gasteiger partial charge in [-0.3, -0.25) is 9.59 Å². The Morgan fingerprint density at radius 2 is 1.86 bits per heavy atom. The highest BCUT2D eigenvalue weighted by Crippen LogP contribution is 2.10. The summed E-state index contributed by atoms with van der Waals surface area (Å²) in [5.41, 5.74) is 4.55. The van der Waals surface area contributed by atoms with E-state index in [-0.39, 0.29) is 0 Å². The van der Waals surface area contributed by atoms with Crippen LogP contribution in [0.15, 0.2) is 58.1 Å². The molecule has 0 saturated heterocycles. The highest BCUT2D eigenvalue weighted by Gasteiger charge is 2.12. The first-order chi connectivity index (χ1) is 10.5. The van der Waals surface area contributed by atoms with Crippen molar-refractivity contribution >= 4 is 39.6 Å². The van der Waals surface area contributed by atoms with E-state index < -0.39 is 11.8 Å². The van der Waals surface area contributed by atoms with Crippen molar-refractivity contribution in [3.8, 4) is 0 Å². The predicted octanol–water partition coefficient (Wildman–Crippen LogP) is 2.85. The fourth-order valence-electron chi connectivity index (χ4n) is 1.71. The zero-order valence-electron chi connectivity index (χ0n) is 11.8. The molecule has 0 unspecified atom stereocenters. The zero-order chi connectivity index (χ0) is 15.9. The van der Waals surface area contributed by atoms with Gasteiger partial charge in [0.25, 0.3) is 0 Å². The number of benzene rings is 2. The molecule has 0 fully saturated rings. The molecule has 0 spiro atoms. The van der Waals surface area contributed by atoms with Gasteiger partial charge >= 0.3 is 11.8 Å². The van der Waals surface area contributed by atoms with Crippen LogP contribution in [-0.4, -0.2) is 18.0 Å². The third-order valence-corrected chi connectivity index (χ3v) is 3.20. The quantitative estimate of drug-likeness (QED) is 0.502. The van der Waals surface area contributed by atoms with Crippen molar-refractivity contribution < 1.29 is 9.59 Å². The molecule has 0 aliphatic rings. The van der Waals surface area contributed by atoms with Crippen LogP contribution in [0.2, 0.25) is 0 Å². The number of aryl methyl sites for hydroxylation is 1. The van der Waals surface area contributed by atoms with Crippen molar-refractivity contribution in [2.45, 2.75) is 6.92 Å². The Kier molecular flexibility index (Phi) is 5.43. The first-order valence-corrected chi connectivity index (χ1v) is 7.30. The minimum atomic E-state index is -0.826. The summed E-state index contributed by atoms with van der Waals surface area (Å²) in [4.78, 5) is 23.4. The summed E-state index contributed by atoms with van der Waals surface area (Å²) in [6, 6.07) is 14.6. The number of hydrazone groups is 1. The smallest absolute Gasteiger partial charge is 0.318 e. The minimum Gasteiger partial charge on any atom is -0.318 e. The van der Waals surface area contributed by atoms with Gasteiger partial charge in [0.1, 0.15) is 0 Å². The lowest BCUT2D eigenvalue weighted by Crippen LogP contribution is -2.32. The molecule has 112 valence electrons. The first-order valence-electron chi connectivity index (χ1n) is 6.51.